The molecule has 0 saturated carbocycles. The minimum Gasteiger partial charge on any atom is -0.343 e. The zero-order chi connectivity index (χ0) is 15.5. The molecule has 0 unspecified atom stereocenters. The molecule has 1 aromatic heterocycles. The second-order valence-electron chi connectivity index (χ2n) is 5.18. The standard InChI is InChI=1S/C14H16F4N2O/c15-12-2-1-11(9-19-12)10-4-7-20(8-5-10)13(21)3-6-14(16,17)18/h1-2,9-10H,3-8H2. The van der Waals surface area contributed by atoms with Crippen LogP contribution in [0.2, 0.25) is 0 Å². The monoisotopic (exact) mass is 304 g/mol. The summed E-state index contributed by atoms with van der Waals surface area (Å²) in [7, 11) is 0. The SMILES string of the molecule is O=C(CCC(F)(F)F)N1CCC(c2ccc(F)nc2)CC1. The van der Waals surface area contributed by atoms with Crippen LogP contribution >= 0.6 is 0 Å². The minimum atomic E-state index is -4.30. The Labute approximate surface area is 120 Å². The zero-order valence-corrected chi connectivity index (χ0v) is 11.4. The van der Waals surface area contributed by atoms with Crippen LogP contribution in [-0.4, -0.2) is 35.1 Å². The smallest absolute Gasteiger partial charge is 0.343 e. The lowest BCUT2D eigenvalue weighted by Gasteiger charge is -2.32. The maximum Gasteiger partial charge on any atom is 0.389 e. The molecule has 3 nitrogen and oxygen atoms in total. The zero-order valence-electron chi connectivity index (χ0n) is 11.4. The third-order valence-electron chi connectivity index (χ3n) is 3.69. The Balaban J connectivity index is 1.82. The number of amides is 1. The maximum atomic E-state index is 12.7. The number of likely N-dealkylation sites (tertiary alicyclic amines) is 1. The van der Waals surface area contributed by atoms with Gasteiger partial charge in [-0.1, -0.05) is 6.07 Å². The minimum absolute atomic E-state index is 0.171. The first-order valence-corrected chi connectivity index (χ1v) is 6.81. The third kappa shape index (κ3) is 4.68. The Morgan fingerprint density at radius 3 is 2.48 bits per heavy atom. The van der Waals surface area contributed by atoms with Crippen molar-refractivity contribution in [3.8, 4) is 0 Å². The summed E-state index contributed by atoms with van der Waals surface area (Å²) in [5.41, 5.74) is 0.902. The molecule has 0 radical (unpaired) electrons. The first kappa shape index (κ1) is 15.7. The molecule has 1 aliphatic heterocycles. The number of halogens is 4. The second-order valence-corrected chi connectivity index (χ2v) is 5.18. The van der Waals surface area contributed by atoms with Gasteiger partial charge in [0.15, 0.2) is 0 Å². The van der Waals surface area contributed by atoms with Gasteiger partial charge < -0.3 is 4.90 Å². The summed E-state index contributed by atoms with van der Waals surface area (Å²) >= 11 is 0. The predicted molar refractivity (Wildman–Crippen MR) is 68.0 cm³/mol. The molecule has 0 atom stereocenters. The van der Waals surface area contributed by atoms with Crippen LogP contribution in [0.5, 0.6) is 0 Å². The van der Waals surface area contributed by atoms with Gasteiger partial charge in [-0.05, 0) is 30.4 Å². The third-order valence-corrected chi connectivity index (χ3v) is 3.69. The number of piperidine rings is 1. The van der Waals surface area contributed by atoms with Crippen molar-refractivity contribution in [2.75, 3.05) is 13.1 Å². The van der Waals surface area contributed by atoms with Gasteiger partial charge in [0.1, 0.15) is 0 Å². The van der Waals surface area contributed by atoms with E-state index in [-0.39, 0.29) is 5.92 Å². The first-order valence-electron chi connectivity index (χ1n) is 6.81. The molecular formula is C14H16F4N2O. The molecule has 1 saturated heterocycles. The summed E-state index contributed by atoms with van der Waals surface area (Å²) < 4.78 is 49.0. The highest BCUT2D eigenvalue weighted by Gasteiger charge is 2.30. The number of carbonyl (C=O) groups excluding carboxylic acids is 1. The Kier molecular flexibility index (Phi) is 4.80. The summed E-state index contributed by atoms with van der Waals surface area (Å²) in [6, 6.07) is 2.95. The molecular weight excluding hydrogens is 288 g/mol. The van der Waals surface area contributed by atoms with Gasteiger partial charge in [0, 0.05) is 25.7 Å². The van der Waals surface area contributed by atoms with E-state index in [1.807, 2.05) is 0 Å². The Hall–Kier alpha value is -1.66. The highest BCUT2D eigenvalue weighted by Crippen LogP contribution is 2.28. The van der Waals surface area contributed by atoms with Crippen LogP contribution in [0.15, 0.2) is 18.3 Å². The summed E-state index contributed by atoms with van der Waals surface area (Å²) in [6.07, 6.45) is -3.08. The van der Waals surface area contributed by atoms with Crippen molar-refractivity contribution in [2.24, 2.45) is 0 Å². The van der Waals surface area contributed by atoms with Crippen molar-refractivity contribution in [3.63, 3.8) is 0 Å². The summed E-state index contributed by atoms with van der Waals surface area (Å²) in [5, 5.41) is 0. The average molecular weight is 304 g/mol. The van der Waals surface area contributed by atoms with Gasteiger partial charge in [0.25, 0.3) is 0 Å². The van der Waals surface area contributed by atoms with Crippen molar-refractivity contribution in [3.05, 3.63) is 29.8 Å². The summed E-state index contributed by atoms with van der Waals surface area (Å²) in [6.45, 7) is 0.859. The lowest BCUT2D eigenvalue weighted by Crippen LogP contribution is -2.38. The fraction of sp³-hybridized carbons (Fsp3) is 0.571. The van der Waals surface area contributed by atoms with E-state index in [0.717, 1.165) is 5.56 Å². The van der Waals surface area contributed by atoms with Crippen LogP contribution < -0.4 is 0 Å². The highest BCUT2D eigenvalue weighted by atomic mass is 19.4. The van der Waals surface area contributed by atoms with Crippen molar-refractivity contribution in [1.29, 1.82) is 0 Å². The van der Waals surface area contributed by atoms with E-state index < -0.39 is 30.9 Å². The van der Waals surface area contributed by atoms with Crippen LogP contribution in [-0.2, 0) is 4.79 Å². The molecule has 0 aliphatic carbocycles. The topological polar surface area (TPSA) is 33.2 Å². The van der Waals surface area contributed by atoms with E-state index >= 15 is 0 Å². The Morgan fingerprint density at radius 1 is 1.29 bits per heavy atom. The Bertz CT molecular complexity index is 479. The van der Waals surface area contributed by atoms with Gasteiger partial charge in [-0.15, -0.1) is 0 Å². The fourth-order valence-electron chi connectivity index (χ4n) is 2.50. The van der Waals surface area contributed by atoms with Crippen molar-refractivity contribution >= 4 is 5.91 Å². The van der Waals surface area contributed by atoms with Crippen LogP contribution in [0.3, 0.4) is 0 Å². The van der Waals surface area contributed by atoms with Gasteiger partial charge in [0.05, 0.1) is 6.42 Å². The quantitative estimate of drug-likeness (QED) is 0.634. The van der Waals surface area contributed by atoms with E-state index in [4.69, 9.17) is 0 Å². The number of nitrogens with zero attached hydrogens (tertiary/aromatic N) is 2. The normalized spacial score (nSPS) is 17.0. The number of rotatable bonds is 3. The van der Waals surface area contributed by atoms with E-state index in [9.17, 15) is 22.4 Å². The first-order chi connectivity index (χ1) is 9.85. The van der Waals surface area contributed by atoms with Crippen LogP contribution in [0.25, 0.3) is 0 Å². The molecule has 0 bridgehead atoms. The molecule has 0 N–H and O–H groups in total. The molecule has 7 heteroatoms. The average Bonchev–Trinajstić information content (AvgIpc) is 2.45. The van der Waals surface area contributed by atoms with Crippen LogP contribution in [0.1, 0.15) is 37.2 Å². The van der Waals surface area contributed by atoms with Gasteiger partial charge in [0.2, 0.25) is 11.9 Å². The fourth-order valence-corrected chi connectivity index (χ4v) is 2.50. The summed E-state index contributed by atoms with van der Waals surface area (Å²) in [4.78, 5) is 16.8. The number of carbonyl (C=O) groups is 1. The summed E-state index contributed by atoms with van der Waals surface area (Å²) in [5.74, 6) is -0.828. The lowest BCUT2D eigenvalue weighted by molar-refractivity contribution is -0.149. The van der Waals surface area contributed by atoms with E-state index in [0.29, 0.717) is 25.9 Å². The molecule has 116 valence electrons. The van der Waals surface area contributed by atoms with Gasteiger partial charge >= 0.3 is 6.18 Å². The molecule has 1 aliphatic rings. The van der Waals surface area contributed by atoms with E-state index in [2.05, 4.69) is 4.98 Å². The highest BCUT2D eigenvalue weighted by molar-refractivity contribution is 5.76. The van der Waals surface area contributed by atoms with Crippen molar-refractivity contribution < 1.29 is 22.4 Å². The number of alkyl halides is 3. The van der Waals surface area contributed by atoms with Crippen molar-refractivity contribution in [2.45, 2.75) is 37.8 Å². The number of hydrogen-bond acceptors (Lipinski definition) is 2. The number of aromatic nitrogens is 1. The maximum absolute atomic E-state index is 12.7. The Morgan fingerprint density at radius 2 is 1.95 bits per heavy atom. The van der Waals surface area contributed by atoms with Crippen LogP contribution in [0.4, 0.5) is 17.6 Å². The molecule has 1 fully saturated rings. The lowest BCUT2D eigenvalue weighted by atomic mass is 9.90. The molecule has 2 heterocycles. The van der Waals surface area contributed by atoms with Crippen LogP contribution in [0, 0.1) is 5.95 Å². The second kappa shape index (κ2) is 6.41. The molecule has 1 aromatic rings. The van der Waals surface area contributed by atoms with E-state index in [1.165, 1.54) is 17.2 Å². The van der Waals surface area contributed by atoms with E-state index in [1.54, 1.807) is 6.07 Å². The molecule has 21 heavy (non-hydrogen) atoms. The van der Waals surface area contributed by atoms with Gasteiger partial charge in [-0.25, -0.2) is 4.98 Å². The largest absolute Gasteiger partial charge is 0.389 e. The predicted octanol–water partition coefficient (Wildman–Crippen LogP) is 3.27. The number of pyridine rings is 1. The molecule has 2 rings (SSSR count). The molecule has 1 amide bonds. The molecule has 0 spiro atoms. The van der Waals surface area contributed by atoms with Gasteiger partial charge in [-0.3, -0.25) is 4.79 Å². The van der Waals surface area contributed by atoms with Gasteiger partial charge in [-0.2, -0.15) is 17.6 Å². The molecule has 0 aromatic carbocycles. The number of hydrogen-bond donors (Lipinski definition) is 0. The van der Waals surface area contributed by atoms with Crippen molar-refractivity contribution in [1.82, 2.24) is 9.88 Å².